The number of ether oxygens (including phenoxy) is 1. The molecule has 88 valence electrons. The molecule has 0 spiro atoms. The van der Waals surface area contributed by atoms with Gasteiger partial charge in [-0.15, -0.1) is 0 Å². The van der Waals surface area contributed by atoms with Gasteiger partial charge in [-0.3, -0.25) is 0 Å². The Kier molecular flexibility index (Phi) is 4.23. The van der Waals surface area contributed by atoms with Crippen LogP contribution in [0, 0.1) is 5.92 Å². The number of nitrogens with one attached hydrogen (secondary N) is 1. The molecule has 16 heavy (non-hydrogen) atoms. The van der Waals surface area contributed by atoms with Crippen LogP contribution in [0.25, 0.3) is 0 Å². The lowest BCUT2D eigenvalue weighted by Gasteiger charge is -2.23. The highest BCUT2D eigenvalue weighted by molar-refractivity contribution is 5.33. The van der Waals surface area contributed by atoms with Gasteiger partial charge in [-0.05, 0) is 37.4 Å². The monoisotopic (exact) mass is 219 g/mol. The van der Waals surface area contributed by atoms with Gasteiger partial charge >= 0.3 is 0 Å². The van der Waals surface area contributed by atoms with Gasteiger partial charge in [0, 0.05) is 12.5 Å². The fraction of sp³-hybridized carbons (Fsp3) is 0.571. The van der Waals surface area contributed by atoms with Gasteiger partial charge in [-0.25, -0.2) is 0 Å². The molecule has 0 saturated carbocycles. The van der Waals surface area contributed by atoms with Gasteiger partial charge in [0.1, 0.15) is 5.75 Å². The summed E-state index contributed by atoms with van der Waals surface area (Å²) in [5.74, 6) is 1.74. The van der Waals surface area contributed by atoms with Crippen molar-refractivity contribution < 1.29 is 4.74 Å². The first-order chi connectivity index (χ1) is 7.90. The first-order valence-electron chi connectivity index (χ1n) is 6.31. The van der Waals surface area contributed by atoms with Crippen molar-refractivity contribution >= 4 is 0 Å². The molecule has 0 amide bonds. The largest absolute Gasteiger partial charge is 0.493 e. The Bertz CT molecular complexity index is 318. The van der Waals surface area contributed by atoms with Crippen molar-refractivity contribution in [3.8, 4) is 5.75 Å². The molecule has 1 N–H and O–H groups in total. The highest BCUT2D eigenvalue weighted by Crippen LogP contribution is 2.20. The third-order valence-corrected chi connectivity index (χ3v) is 3.23. The molecule has 0 unspecified atom stereocenters. The first-order valence-corrected chi connectivity index (χ1v) is 6.31. The molecule has 1 aliphatic heterocycles. The Hall–Kier alpha value is -1.02. The number of rotatable bonds is 4. The highest BCUT2D eigenvalue weighted by atomic mass is 16.5. The normalized spacial score (nSPS) is 20.7. The number of para-hydroxylation sites is 1. The molecule has 0 bridgehead atoms. The van der Waals surface area contributed by atoms with Crippen LogP contribution in [0.1, 0.15) is 25.3 Å². The van der Waals surface area contributed by atoms with Crippen LogP contribution in [0.4, 0.5) is 0 Å². The zero-order valence-corrected chi connectivity index (χ0v) is 10.0. The second-order valence-corrected chi connectivity index (χ2v) is 4.48. The number of aryl methyl sites for hydroxylation is 1. The summed E-state index contributed by atoms with van der Waals surface area (Å²) < 4.78 is 5.93. The summed E-state index contributed by atoms with van der Waals surface area (Å²) in [5, 5.41) is 3.42. The molecule has 0 aromatic heterocycles. The van der Waals surface area contributed by atoms with E-state index in [1.54, 1.807) is 0 Å². The van der Waals surface area contributed by atoms with Crippen LogP contribution in [0.3, 0.4) is 0 Å². The lowest BCUT2D eigenvalue weighted by molar-refractivity contribution is 0.217. The topological polar surface area (TPSA) is 21.3 Å². The molecule has 2 nitrogen and oxygen atoms in total. The molecule has 0 aliphatic carbocycles. The van der Waals surface area contributed by atoms with Crippen LogP contribution >= 0.6 is 0 Å². The molecule has 2 heteroatoms. The summed E-state index contributed by atoms with van der Waals surface area (Å²) in [7, 11) is 0. The summed E-state index contributed by atoms with van der Waals surface area (Å²) >= 11 is 0. The van der Waals surface area contributed by atoms with E-state index in [4.69, 9.17) is 4.74 Å². The number of hydrogen-bond donors (Lipinski definition) is 1. The summed E-state index contributed by atoms with van der Waals surface area (Å²) in [5.41, 5.74) is 1.31. The van der Waals surface area contributed by atoms with E-state index in [-0.39, 0.29) is 0 Å². The van der Waals surface area contributed by atoms with E-state index in [2.05, 4.69) is 30.4 Å². The van der Waals surface area contributed by atoms with Crippen LogP contribution < -0.4 is 10.1 Å². The summed E-state index contributed by atoms with van der Waals surface area (Å²) in [4.78, 5) is 0. The summed E-state index contributed by atoms with van der Waals surface area (Å²) in [6.07, 6.45) is 3.61. The average molecular weight is 219 g/mol. The van der Waals surface area contributed by atoms with Crippen molar-refractivity contribution in [1.29, 1.82) is 0 Å². The van der Waals surface area contributed by atoms with Gasteiger partial charge in [-0.1, -0.05) is 25.1 Å². The van der Waals surface area contributed by atoms with Crippen molar-refractivity contribution in [2.75, 3.05) is 19.7 Å². The van der Waals surface area contributed by atoms with Crippen LogP contribution in [-0.4, -0.2) is 19.7 Å². The van der Waals surface area contributed by atoms with E-state index in [9.17, 15) is 0 Å². The second kappa shape index (κ2) is 5.90. The van der Waals surface area contributed by atoms with Crippen molar-refractivity contribution in [2.45, 2.75) is 26.2 Å². The quantitative estimate of drug-likeness (QED) is 0.840. The van der Waals surface area contributed by atoms with E-state index in [1.165, 1.54) is 24.9 Å². The highest BCUT2D eigenvalue weighted by Gasteiger charge is 2.13. The second-order valence-electron chi connectivity index (χ2n) is 4.48. The first kappa shape index (κ1) is 11.5. The standard InChI is InChI=1S/C14H21NO/c1-2-13-7-3-4-8-14(13)16-11-12-6-5-9-15-10-12/h3-4,7-8,12,15H,2,5-6,9-11H2,1H3/t12-/m0/s1. The smallest absolute Gasteiger partial charge is 0.122 e. The molecule has 1 aromatic rings. The molecule has 1 saturated heterocycles. The van der Waals surface area contributed by atoms with Gasteiger partial charge < -0.3 is 10.1 Å². The summed E-state index contributed by atoms with van der Waals surface area (Å²) in [6, 6.07) is 8.35. The Balaban J connectivity index is 1.88. The van der Waals surface area contributed by atoms with Gasteiger partial charge in [-0.2, -0.15) is 0 Å². The lowest BCUT2D eigenvalue weighted by Crippen LogP contribution is -2.33. The third-order valence-electron chi connectivity index (χ3n) is 3.23. The SMILES string of the molecule is CCc1ccccc1OC[C@H]1CCCNC1. The zero-order valence-electron chi connectivity index (χ0n) is 10.0. The lowest BCUT2D eigenvalue weighted by atomic mass is 10.0. The van der Waals surface area contributed by atoms with E-state index < -0.39 is 0 Å². The molecule has 1 fully saturated rings. The molecule has 0 radical (unpaired) electrons. The molecule has 1 atom stereocenters. The van der Waals surface area contributed by atoms with Crippen LogP contribution in [-0.2, 0) is 6.42 Å². The maximum atomic E-state index is 5.93. The van der Waals surface area contributed by atoms with Crippen molar-refractivity contribution in [2.24, 2.45) is 5.92 Å². The number of piperidine rings is 1. The van der Waals surface area contributed by atoms with Gasteiger partial charge in [0.25, 0.3) is 0 Å². The fourth-order valence-corrected chi connectivity index (χ4v) is 2.21. The van der Waals surface area contributed by atoms with Crippen LogP contribution in [0.2, 0.25) is 0 Å². The van der Waals surface area contributed by atoms with Crippen LogP contribution in [0.15, 0.2) is 24.3 Å². The van der Waals surface area contributed by atoms with Crippen molar-refractivity contribution in [3.63, 3.8) is 0 Å². The molecule has 1 heterocycles. The minimum atomic E-state index is 0.679. The predicted octanol–water partition coefficient (Wildman–Crippen LogP) is 2.63. The molecule has 2 rings (SSSR count). The van der Waals surface area contributed by atoms with Gasteiger partial charge in [0.2, 0.25) is 0 Å². The molecular weight excluding hydrogens is 198 g/mol. The number of benzene rings is 1. The van der Waals surface area contributed by atoms with Gasteiger partial charge in [0.05, 0.1) is 6.61 Å². The Morgan fingerprint density at radius 2 is 2.25 bits per heavy atom. The van der Waals surface area contributed by atoms with E-state index in [0.29, 0.717) is 5.92 Å². The van der Waals surface area contributed by atoms with Crippen molar-refractivity contribution in [1.82, 2.24) is 5.32 Å². The summed E-state index contributed by atoms with van der Waals surface area (Å²) in [6.45, 7) is 5.30. The predicted molar refractivity (Wildman–Crippen MR) is 66.9 cm³/mol. The van der Waals surface area contributed by atoms with Crippen LogP contribution in [0.5, 0.6) is 5.75 Å². The van der Waals surface area contributed by atoms with Gasteiger partial charge in [0.15, 0.2) is 0 Å². The maximum absolute atomic E-state index is 5.93. The number of hydrogen-bond acceptors (Lipinski definition) is 2. The van der Waals surface area contributed by atoms with E-state index in [0.717, 1.165) is 25.3 Å². The average Bonchev–Trinajstić information content (AvgIpc) is 2.38. The minimum absolute atomic E-state index is 0.679. The maximum Gasteiger partial charge on any atom is 0.122 e. The minimum Gasteiger partial charge on any atom is -0.493 e. The zero-order chi connectivity index (χ0) is 11.2. The molecular formula is C14H21NO. The third kappa shape index (κ3) is 2.99. The van der Waals surface area contributed by atoms with Crippen molar-refractivity contribution in [3.05, 3.63) is 29.8 Å². The van der Waals surface area contributed by atoms with E-state index >= 15 is 0 Å². The fourth-order valence-electron chi connectivity index (χ4n) is 2.21. The molecule has 1 aliphatic rings. The Labute approximate surface area is 98.0 Å². The Morgan fingerprint density at radius 3 is 3.00 bits per heavy atom. The Morgan fingerprint density at radius 1 is 1.38 bits per heavy atom. The van der Waals surface area contributed by atoms with E-state index in [1.807, 2.05) is 6.07 Å². The molecule has 1 aromatic carbocycles.